The number of aryl methyl sites for hydroxylation is 1. The van der Waals surface area contributed by atoms with E-state index in [-0.39, 0.29) is 0 Å². The first-order valence-corrected chi connectivity index (χ1v) is 7.76. The van der Waals surface area contributed by atoms with E-state index in [2.05, 4.69) is 35.4 Å². The van der Waals surface area contributed by atoms with Gasteiger partial charge in [0.25, 0.3) is 0 Å². The molecule has 0 amide bonds. The van der Waals surface area contributed by atoms with Gasteiger partial charge in [-0.1, -0.05) is 31.5 Å². The summed E-state index contributed by atoms with van der Waals surface area (Å²) in [5.41, 5.74) is 1.23. The van der Waals surface area contributed by atoms with Crippen molar-refractivity contribution in [2.75, 3.05) is 6.54 Å². The maximum Gasteiger partial charge on any atom is 0.195 e. The molecule has 0 bridgehead atoms. The molecule has 0 aliphatic carbocycles. The van der Waals surface area contributed by atoms with Crippen molar-refractivity contribution >= 4 is 23.4 Å². The first kappa shape index (κ1) is 15.4. The maximum atomic E-state index is 6.10. The number of rotatable bonds is 6. The summed E-state index contributed by atoms with van der Waals surface area (Å²) in [5, 5.41) is 13.1. The summed E-state index contributed by atoms with van der Waals surface area (Å²) in [6.07, 6.45) is 1.70. The number of hydrogen-bond donors (Lipinski definition) is 1. The van der Waals surface area contributed by atoms with Gasteiger partial charge in [-0.15, -0.1) is 10.2 Å². The fraction of sp³-hybridized carbons (Fsp3) is 0.429. The zero-order chi connectivity index (χ0) is 14.5. The highest BCUT2D eigenvalue weighted by atomic mass is 35.5. The number of benzene rings is 1. The van der Waals surface area contributed by atoms with Crippen molar-refractivity contribution in [3.05, 3.63) is 35.1 Å². The van der Waals surface area contributed by atoms with Crippen LogP contribution in [0.15, 0.2) is 34.6 Å². The standard InChI is InChI=1S/C14H19ClN4S/c1-10(2)7-16-8-11-4-5-12(15)6-13(11)20-14-18-17-9-19(14)3/h4-6,9-10,16H,7-8H2,1-3H3. The lowest BCUT2D eigenvalue weighted by atomic mass is 10.2. The summed E-state index contributed by atoms with van der Waals surface area (Å²) in [4.78, 5) is 1.12. The topological polar surface area (TPSA) is 42.7 Å². The van der Waals surface area contributed by atoms with Crippen molar-refractivity contribution in [2.24, 2.45) is 13.0 Å². The molecule has 2 aromatic rings. The Morgan fingerprint density at radius 1 is 1.40 bits per heavy atom. The van der Waals surface area contributed by atoms with Gasteiger partial charge in [-0.3, -0.25) is 0 Å². The van der Waals surface area contributed by atoms with Crippen molar-refractivity contribution in [1.82, 2.24) is 20.1 Å². The molecule has 1 aromatic carbocycles. The van der Waals surface area contributed by atoms with Gasteiger partial charge in [0.1, 0.15) is 6.33 Å². The van der Waals surface area contributed by atoms with Gasteiger partial charge in [-0.2, -0.15) is 0 Å². The second-order valence-electron chi connectivity index (χ2n) is 5.10. The van der Waals surface area contributed by atoms with Gasteiger partial charge in [0.05, 0.1) is 0 Å². The second kappa shape index (κ2) is 7.11. The molecule has 20 heavy (non-hydrogen) atoms. The number of aromatic nitrogens is 3. The molecule has 1 N–H and O–H groups in total. The van der Waals surface area contributed by atoms with Gasteiger partial charge in [-0.05, 0) is 41.9 Å². The van der Waals surface area contributed by atoms with Crippen LogP contribution in [0.4, 0.5) is 0 Å². The summed E-state index contributed by atoms with van der Waals surface area (Å²) < 4.78 is 1.90. The molecular weight excluding hydrogens is 292 g/mol. The fourth-order valence-corrected chi connectivity index (χ4v) is 2.90. The monoisotopic (exact) mass is 310 g/mol. The maximum absolute atomic E-state index is 6.10. The third kappa shape index (κ3) is 4.23. The molecule has 1 aromatic heterocycles. The van der Waals surface area contributed by atoms with E-state index in [9.17, 15) is 0 Å². The number of nitrogens with zero attached hydrogens (tertiary/aromatic N) is 3. The van der Waals surface area contributed by atoms with Gasteiger partial charge in [-0.25, -0.2) is 0 Å². The van der Waals surface area contributed by atoms with E-state index in [1.54, 1.807) is 18.1 Å². The quantitative estimate of drug-likeness (QED) is 0.888. The molecule has 0 aliphatic rings. The largest absolute Gasteiger partial charge is 0.312 e. The minimum atomic E-state index is 0.636. The Labute approximate surface area is 128 Å². The van der Waals surface area contributed by atoms with Crippen molar-refractivity contribution in [2.45, 2.75) is 30.4 Å². The summed E-state index contributed by atoms with van der Waals surface area (Å²) in [6, 6.07) is 5.97. The molecule has 0 atom stereocenters. The molecule has 0 radical (unpaired) electrons. The van der Waals surface area contributed by atoms with Crippen LogP contribution >= 0.6 is 23.4 Å². The molecule has 0 fully saturated rings. The molecule has 0 aliphatic heterocycles. The van der Waals surface area contributed by atoms with E-state index >= 15 is 0 Å². The number of halogens is 1. The molecule has 108 valence electrons. The molecule has 1 heterocycles. The lowest BCUT2D eigenvalue weighted by Gasteiger charge is -2.11. The third-order valence-corrected chi connectivity index (χ3v) is 4.16. The average Bonchev–Trinajstić information content (AvgIpc) is 2.77. The molecule has 4 nitrogen and oxygen atoms in total. The van der Waals surface area contributed by atoms with E-state index < -0.39 is 0 Å². The van der Waals surface area contributed by atoms with E-state index in [1.165, 1.54) is 5.56 Å². The van der Waals surface area contributed by atoms with Gasteiger partial charge in [0.15, 0.2) is 5.16 Å². The first-order chi connectivity index (χ1) is 9.56. The molecular formula is C14H19ClN4S. The minimum Gasteiger partial charge on any atom is -0.312 e. The van der Waals surface area contributed by atoms with Gasteiger partial charge >= 0.3 is 0 Å². The predicted octanol–water partition coefficient (Wildman–Crippen LogP) is 3.37. The van der Waals surface area contributed by atoms with Crippen molar-refractivity contribution in [3.63, 3.8) is 0 Å². The highest BCUT2D eigenvalue weighted by Crippen LogP contribution is 2.31. The van der Waals surface area contributed by atoms with Gasteiger partial charge in [0.2, 0.25) is 0 Å². The zero-order valence-corrected chi connectivity index (χ0v) is 13.5. The number of nitrogens with one attached hydrogen (secondary N) is 1. The Kier molecular flexibility index (Phi) is 5.46. The van der Waals surface area contributed by atoms with Crippen molar-refractivity contribution in [1.29, 1.82) is 0 Å². The Morgan fingerprint density at radius 2 is 2.20 bits per heavy atom. The van der Waals surface area contributed by atoms with Crippen LogP contribution in [0.2, 0.25) is 5.02 Å². The van der Waals surface area contributed by atoms with E-state index in [0.29, 0.717) is 5.92 Å². The summed E-state index contributed by atoms with van der Waals surface area (Å²) in [6.45, 7) is 6.22. The van der Waals surface area contributed by atoms with Crippen molar-refractivity contribution in [3.8, 4) is 0 Å². The van der Waals surface area contributed by atoms with Crippen LogP contribution < -0.4 is 5.32 Å². The zero-order valence-electron chi connectivity index (χ0n) is 11.9. The minimum absolute atomic E-state index is 0.636. The fourth-order valence-electron chi connectivity index (χ4n) is 1.73. The van der Waals surface area contributed by atoms with Crippen LogP contribution in [0.5, 0.6) is 0 Å². The van der Waals surface area contributed by atoms with E-state index in [1.807, 2.05) is 23.7 Å². The van der Waals surface area contributed by atoms with E-state index in [0.717, 1.165) is 28.2 Å². The Balaban J connectivity index is 2.13. The highest BCUT2D eigenvalue weighted by molar-refractivity contribution is 7.99. The third-order valence-electron chi connectivity index (χ3n) is 2.77. The van der Waals surface area contributed by atoms with Gasteiger partial charge in [0, 0.05) is 23.5 Å². The van der Waals surface area contributed by atoms with Crippen LogP contribution in [0.3, 0.4) is 0 Å². The molecule has 6 heteroatoms. The lowest BCUT2D eigenvalue weighted by molar-refractivity contribution is 0.550. The van der Waals surface area contributed by atoms with Gasteiger partial charge < -0.3 is 9.88 Å². The van der Waals surface area contributed by atoms with Crippen LogP contribution in [-0.2, 0) is 13.6 Å². The molecule has 0 saturated carbocycles. The first-order valence-electron chi connectivity index (χ1n) is 6.57. The summed E-state index contributed by atoms with van der Waals surface area (Å²) >= 11 is 7.69. The lowest BCUT2D eigenvalue weighted by Crippen LogP contribution is -2.19. The number of hydrogen-bond acceptors (Lipinski definition) is 4. The Hall–Kier alpha value is -1.04. The average molecular weight is 311 g/mol. The van der Waals surface area contributed by atoms with Crippen LogP contribution in [0.25, 0.3) is 0 Å². The second-order valence-corrected chi connectivity index (χ2v) is 6.55. The van der Waals surface area contributed by atoms with Crippen LogP contribution in [0, 0.1) is 5.92 Å². The molecule has 0 spiro atoms. The smallest absolute Gasteiger partial charge is 0.195 e. The van der Waals surface area contributed by atoms with Crippen LogP contribution in [-0.4, -0.2) is 21.3 Å². The normalized spacial score (nSPS) is 11.2. The molecule has 0 saturated heterocycles. The summed E-state index contributed by atoms with van der Waals surface area (Å²) in [5.74, 6) is 0.636. The summed E-state index contributed by atoms with van der Waals surface area (Å²) in [7, 11) is 1.93. The molecule has 2 rings (SSSR count). The molecule has 0 unspecified atom stereocenters. The highest BCUT2D eigenvalue weighted by Gasteiger charge is 2.09. The Morgan fingerprint density at radius 3 is 2.85 bits per heavy atom. The van der Waals surface area contributed by atoms with Crippen molar-refractivity contribution < 1.29 is 0 Å². The van der Waals surface area contributed by atoms with Crippen LogP contribution in [0.1, 0.15) is 19.4 Å². The predicted molar refractivity (Wildman–Crippen MR) is 83.1 cm³/mol. The SMILES string of the molecule is CC(C)CNCc1ccc(Cl)cc1Sc1nncn1C. The van der Waals surface area contributed by atoms with E-state index in [4.69, 9.17) is 11.6 Å². The Bertz CT molecular complexity index is 568.